The standard InChI is InChI=1S/C14H21NO2/c1-2-17-14-8-13(11-16)15(10-14)9-12-6-4-3-5-7-12/h3-7,13-14,16H,2,8-11H2,1H3/t13-,14-/m1/s1. The van der Waals surface area contributed by atoms with E-state index in [-0.39, 0.29) is 18.8 Å². The Kier molecular flexibility index (Phi) is 4.54. The summed E-state index contributed by atoms with van der Waals surface area (Å²) in [6.45, 7) is 4.82. The molecule has 0 aliphatic carbocycles. The molecule has 3 nitrogen and oxygen atoms in total. The number of nitrogens with zero attached hydrogens (tertiary/aromatic N) is 1. The molecule has 94 valence electrons. The number of hydrogen-bond acceptors (Lipinski definition) is 3. The van der Waals surface area contributed by atoms with Crippen molar-refractivity contribution in [1.29, 1.82) is 0 Å². The molecule has 0 radical (unpaired) electrons. The average molecular weight is 235 g/mol. The molecule has 1 aromatic carbocycles. The molecule has 2 rings (SSSR count). The zero-order valence-corrected chi connectivity index (χ0v) is 10.4. The minimum absolute atomic E-state index is 0.219. The summed E-state index contributed by atoms with van der Waals surface area (Å²) in [7, 11) is 0. The summed E-state index contributed by atoms with van der Waals surface area (Å²) < 4.78 is 5.65. The third-order valence-corrected chi connectivity index (χ3v) is 3.33. The van der Waals surface area contributed by atoms with Crippen LogP contribution in [0.2, 0.25) is 0 Å². The van der Waals surface area contributed by atoms with Crippen LogP contribution in [-0.4, -0.2) is 41.9 Å². The van der Waals surface area contributed by atoms with Gasteiger partial charge in [-0.1, -0.05) is 30.3 Å². The largest absolute Gasteiger partial charge is 0.395 e. The highest BCUT2D eigenvalue weighted by atomic mass is 16.5. The molecule has 1 heterocycles. The van der Waals surface area contributed by atoms with E-state index < -0.39 is 0 Å². The molecule has 17 heavy (non-hydrogen) atoms. The van der Waals surface area contributed by atoms with Gasteiger partial charge >= 0.3 is 0 Å². The Hall–Kier alpha value is -0.900. The minimum atomic E-state index is 0.219. The Morgan fingerprint density at radius 3 is 2.76 bits per heavy atom. The predicted molar refractivity (Wildman–Crippen MR) is 67.8 cm³/mol. The van der Waals surface area contributed by atoms with Gasteiger partial charge in [0.05, 0.1) is 12.7 Å². The first-order chi connectivity index (χ1) is 8.33. The van der Waals surface area contributed by atoms with Crippen LogP contribution >= 0.6 is 0 Å². The van der Waals surface area contributed by atoms with Gasteiger partial charge < -0.3 is 9.84 Å². The maximum atomic E-state index is 9.40. The molecule has 1 fully saturated rings. The lowest BCUT2D eigenvalue weighted by molar-refractivity contribution is 0.0683. The summed E-state index contributed by atoms with van der Waals surface area (Å²) in [5.41, 5.74) is 1.29. The molecule has 1 aromatic rings. The summed E-state index contributed by atoms with van der Waals surface area (Å²) in [6.07, 6.45) is 1.22. The van der Waals surface area contributed by atoms with E-state index in [2.05, 4.69) is 29.2 Å². The predicted octanol–water partition coefficient (Wildman–Crippen LogP) is 1.66. The van der Waals surface area contributed by atoms with Crippen molar-refractivity contribution in [2.75, 3.05) is 19.8 Å². The number of aliphatic hydroxyl groups excluding tert-OH is 1. The number of likely N-dealkylation sites (tertiary alicyclic amines) is 1. The van der Waals surface area contributed by atoms with E-state index >= 15 is 0 Å². The van der Waals surface area contributed by atoms with Crippen molar-refractivity contribution in [1.82, 2.24) is 4.90 Å². The Labute approximate surface area is 103 Å². The van der Waals surface area contributed by atoms with Gasteiger partial charge in [-0.2, -0.15) is 0 Å². The van der Waals surface area contributed by atoms with E-state index in [1.54, 1.807) is 0 Å². The van der Waals surface area contributed by atoms with Gasteiger partial charge in [-0.15, -0.1) is 0 Å². The van der Waals surface area contributed by atoms with Gasteiger partial charge in [-0.25, -0.2) is 0 Å². The molecule has 0 aromatic heterocycles. The van der Waals surface area contributed by atoms with Crippen LogP contribution in [0.15, 0.2) is 30.3 Å². The van der Waals surface area contributed by atoms with Gasteiger partial charge in [-0.05, 0) is 18.9 Å². The van der Waals surface area contributed by atoms with Crippen LogP contribution in [0.1, 0.15) is 18.9 Å². The second-order valence-corrected chi connectivity index (χ2v) is 4.56. The summed E-state index contributed by atoms with van der Waals surface area (Å²) in [6, 6.07) is 10.6. The van der Waals surface area contributed by atoms with Crippen molar-refractivity contribution in [2.45, 2.75) is 32.0 Å². The van der Waals surface area contributed by atoms with Crippen molar-refractivity contribution in [2.24, 2.45) is 0 Å². The molecule has 0 unspecified atom stereocenters. The maximum Gasteiger partial charge on any atom is 0.0717 e. The van der Waals surface area contributed by atoms with Crippen LogP contribution in [0.4, 0.5) is 0 Å². The molecule has 0 saturated carbocycles. The van der Waals surface area contributed by atoms with E-state index in [1.165, 1.54) is 5.56 Å². The smallest absolute Gasteiger partial charge is 0.0717 e. The van der Waals surface area contributed by atoms with Crippen LogP contribution in [-0.2, 0) is 11.3 Å². The van der Waals surface area contributed by atoms with Gasteiger partial charge in [0.1, 0.15) is 0 Å². The highest BCUT2D eigenvalue weighted by molar-refractivity contribution is 5.15. The van der Waals surface area contributed by atoms with E-state index in [0.29, 0.717) is 0 Å². The summed E-state index contributed by atoms with van der Waals surface area (Å²) >= 11 is 0. The molecule has 1 saturated heterocycles. The highest BCUT2D eigenvalue weighted by Crippen LogP contribution is 2.22. The zero-order chi connectivity index (χ0) is 12.1. The zero-order valence-electron chi connectivity index (χ0n) is 10.4. The van der Waals surface area contributed by atoms with Gasteiger partial charge in [0.15, 0.2) is 0 Å². The lowest BCUT2D eigenvalue weighted by atomic mass is 10.2. The molecule has 1 N–H and O–H groups in total. The monoisotopic (exact) mass is 235 g/mol. The molecular weight excluding hydrogens is 214 g/mol. The van der Waals surface area contributed by atoms with Gasteiger partial charge in [0.25, 0.3) is 0 Å². The van der Waals surface area contributed by atoms with Gasteiger partial charge in [-0.3, -0.25) is 4.90 Å². The molecule has 2 atom stereocenters. The number of ether oxygens (including phenoxy) is 1. The van der Waals surface area contributed by atoms with E-state index in [4.69, 9.17) is 4.74 Å². The minimum Gasteiger partial charge on any atom is -0.395 e. The lowest BCUT2D eigenvalue weighted by Gasteiger charge is -2.22. The fraction of sp³-hybridized carbons (Fsp3) is 0.571. The number of aliphatic hydroxyl groups is 1. The van der Waals surface area contributed by atoms with Gasteiger partial charge in [0, 0.05) is 25.7 Å². The van der Waals surface area contributed by atoms with E-state index in [9.17, 15) is 5.11 Å². The van der Waals surface area contributed by atoms with Crippen LogP contribution in [0.3, 0.4) is 0 Å². The molecule has 1 aliphatic heterocycles. The molecule has 0 amide bonds. The molecule has 1 aliphatic rings. The summed E-state index contributed by atoms with van der Waals surface area (Å²) in [4.78, 5) is 2.32. The molecule has 0 bridgehead atoms. The summed E-state index contributed by atoms with van der Waals surface area (Å²) in [5.74, 6) is 0. The Bertz CT molecular complexity index is 328. The van der Waals surface area contributed by atoms with Gasteiger partial charge in [0.2, 0.25) is 0 Å². The van der Waals surface area contributed by atoms with Crippen molar-refractivity contribution >= 4 is 0 Å². The van der Waals surface area contributed by atoms with Crippen molar-refractivity contribution in [3.8, 4) is 0 Å². The molecule has 3 heteroatoms. The lowest BCUT2D eigenvalue weighted by Crippen LogP contribution is -2.31. The topological polar surface area (TPSA) is 32.7 Å². The van der Waals surface area contributed by atoms with Crippen LogP contribution < -0.4 is 0 Å². The Morgan fingerprint density at radius 1 is 1.35 bits per heavy atom. The quantitative estimate of drug-likeness (QED) is 0.842. The van der Waals surface area contributed by atoms with Crippen LogP contribution in [0.25, 0.3) is 0 Å². The molecule has 0 spiro atoms. The van der Waals surface area contributed by atoms with Crippen molar-refractivity contribution in [3.63, 3.8) is 0 Å². The Morgan fingerprint density at radius 2 is 2.12 bits per heavy atom. The number of rotatable bonds is 5. The Balaban J connectivity index is 1.95. The molecular formula is C14H21NO2. The first kappa shape index (κ1) is 12.6. The first-order valence-electron chi connectivity index (χ1n) is 6.34. The number of benzene rings is 1. The van der Waals surface area contributed by atoms with E-state index in [0.717, 1.165) is 26.1 Å². The van der Waals surface area contributed by atoms with Crippen molar-refractivity contribution < 1.29 is 9.84 Å². The first-order valence-corrected chi connectivity index (χ1v) is 6.34. The SMILES string of the molecule is CCO[C@@H]1C[C@H](CO)N(Cc2ccccc2)C1. The van der Waals surface area contributed by atoms with Crippen LogP contribution in [0, 0.1) is 0 Å². The second-order valence-electron chi connectivity index (χ2n) is 4.56. The fourth-order valence-corrected chi connectivity index (χ4v) is 2.50. The van der Waals surface area contributed by atoms with Crippen molar-refractivity contribution in [3.05, 3.63) is 35.9 Å². The number of hydrogen-bond donors (Lipinski definition) is 1. The second kappa shape index (κ2) is 6.15. The normalized spacial score (nSPS) is 25.3. The summed E-state index contributed by atoms with van der Waals surface area (Å²) in [5, 5.41) is 9.40. The van der Waals surface area contributed by atoms with Crippen LogP contribution in [0.5, 0.6) is 0 Å². The fourth-order valence-electron chi connectivity index (χ4n) is 2.50. The maximum absolute atomic E-state index is 9.40. The van der Waals surface area contributed by atoms with E-state index in [1.807, 2.05) is 13.0 Å². The third kappa shape index (κ3) is 3.28. The average Bonchev–Trinajstić information content (AvgIpc) is 2.73. The third-order valence-electron chi connectivity index (χ3n) is 3.33. The highest BCUT2D eigenvalue weighted by Gasteiger charge is 2.31.